The highest BCUT2D eigenvalue weighted by atomic mass is 32.1. The summed E-state index contributed by atoms with van der Waals surface area (Å²) in [5, 5.41) is 10.1. The largest absolute Gasteiger partial charge is 0.384 e. The van der Waals surface area contributed by atoms with Gasteiger partial charge in [-0.25, -0.2) is 9.97 Å². The van der Waals surface area contributed by atoms with Gasteiger partial charge in [0.25, 0.3) is 0 Å². The van der Waals surface area contributed by atoms with E-state index < -0.39 is 0 Å². The molecule has 2 N–H and O–H groups in total. The average molecular weight is 292 g/mol. The Bertz CT molecular complexity index is 560. The van der Waals surface area contributed by atoms with Crippen LogP contribution in [-0.2, 0) is 4.74 Å². The first kappa shape index (κ1) is 13.7. The standard InChI is InChI=1S/C14H20N4OS/c1-19-9-14(3-5-15-6-4-14)8-16-12-11-2-7-20-13(11)18-10-17-12/h2,7,10,15H,3-6,8-9H2,1H3,(H,16,17,18). The van der Waals surface area contributed by atoms with Gasteiger partial charge >= 0.3 is 0 Å². The second kappa shape index (κ2) is 6.03. The number of piperidine rings is 1. The summed E-state index contributed by atoms with van der Waals surface area (Å²) in [6, 6.07) is 2.08. The minimum absolute atomic E-state index is 0.202. The summed E-state index contributed by atoms with van der Waals surface area (Å²) in [6.07, 6.45) is 3.89. The maximum absolute atomic E-state index is 5.45. The lowest BCUT2D eigenvalue weighted by Crippen LogP contribution is -2.44. The number of anilines is 1. The molecule has 1 saturated heterocycles. The summed E-state index contributed by atoms with van der Waals surface area (Å²) in [5.41, 5.74) is 0.202. The Morgan fingerprint density at radius 2 is 2.25 bits per heavy atom. The summed E-state index contributed by atoms with van der Waals surface area (Å²) in [7, 11) is 1.78. The van der Waals surface area contributed by atoms with Crippen molar-refractivity contribution in [1.82, 2.24) is 15.3 Å². The second-order valence-corrected chi connectivity index (χ2v) is 6.29. The highest BCUT2D eigenvalue weighted by molar-refractivity contribution is 7.16. The van der Waals surface area contributed by atoms with Gasteiger partial charge in [-0.05, 0) is 37.4 Å². The third-order valence-electron chi connectivity index (χ3n) is 4.01. The molecule has 6 heteroatoms. The number of rotatable bonds is 5. The minimum atomic E-state index is 0.202. The number of methoxy groups -OCH3 is 1. The van der Waals surface area contributed by atoms with Crippen LogP contribution in [0.3, 0.4) is 0 Å². The molecule has 0 bridgehead atoms. The van der Waals surface area contributed by atoms with Crippen LogP contribution >= 0.6 is 11.3 Å². The van der Waals surface area contributed by atoms with E-state index >= 15 is 0 Å². The molecule has 1 aliphatic rings. The zero-order chi connectivity index (χ0) is 13.8. The van der Waals surface area contributed by atoms with Crippen LogP contribution in [0, 0.1) is 5.41 Å². The fourth-order valence-corrected chi connectivity index (χ4v) is 3.57. The average Bonchev–Trinajstić information content (AvgIpc) is 2.95. The van der Waals surface area contributed by atoms with Crippen LogP contribution in [0.15, 0.2) is 17.8 Å². The van der Waals surface area contributed by atoms with E-state index in [2.05, 4.69) is 32.0 Å². The molecule has 0 radical (unpaired) electrons. The van der Waals surface area contributed by atoms with Gasteiger partial charge in [-0.15, -0.1) is 11.3 Å². The van der Waals surface area contributed by atoms with Gasteiger partial charge in [-0.2, -0.15) is 0 Å². The number of fused-ring (bicyclic) bond motifs is 1. The number of nitrogens with one attached hydrogen (secondary N) is 2. The number of aromatic nitrogens is 2. The maximum atomic E-state index is 5.45. The molecule has 5 nitrogen and oxygen atoms in total. The summed E-state index contributed by atoms with van der Waals surface area (Å²) in [4.78, 5) is 9.70. The van der Waals surface area contributed by atoms with Gasteiger partial charge < -0.3 is 15.4 Å². The van der Waals surface area contributed by atoms with Gasteiger partial charge in [0.15, 0.2) is 0 Å². The molecule has 1 aliphatic heterocycles. The van der Waals surface area contributed by atoms with Crippen LogP contribution in [0.2, 0.25) is 0 Å². The molecule has 0 atom stereocenters. The first-order chi connectivity index (χ1) is 9.83. The highest BCUT2D eigenvalue weighted by Gasteiger charge is 2.32. The molecule has 2 aromatic rings. The summed E-state index contributed by atoms with van der Waals surface area (Å²) in [5.74, 6) is 0.935. The Labute approximate surface area is 122 Å². The Morgan fingerprint density at radius 1 is 1.40 bits per heavy atom. The SMILES string of the molecule is COCC1(CNc2ncnc3sccc23)CCNCC1. The van der Waals surface area contributed by atoms with Gasteiger partial charge in [-0.1, -0.05) is 0 Å². The quantitative estimate of drug-likeness (QED) is 0.884. The number of hydrogen-bond donors (Lipinski definition) is 2. The van der Waals surface area contributed by atoms with Crippen molar-refractivity contribution < 1.29 is 4.74 Å². The van der Waals surface area contributed by atoms with Crippen molar-refractivity contribution in [3.05, 3.63) is 17.8 Å². The fraction of sp³-hybridized carbons (Fsp3) is 0.571. The molecule has 3 heterocycles. The predicted molar refractivity (Wildman–Crippen MR) is 82.3 cm³/mol. The molecule has 0 unspecified atom stereocenters. The summed E-state index contributed by atoms with van der Waals surface area (Å²) >= 11 is 1.65. The number of nitrogens with zero attached hydrogens (tertiary/aromatic N) is 2. The molecule has 0 amide bonds. The van der Waals surface area contributed by atoms with Crippen LogP contribution in [-0.4, -0.2) is 43.3 Å². The monoisotopic (exact) mass is 292 g/mol. The zero-order valence-corrected chi connectivity index (χ0v) is 12.5. The first-order valence-corrected chi connectivity index (χ1v) is 7.83. The lowest BCUT2D eigenvalue weighted by Gasteiger charge is -2.37. The van der Waals surface area contributed by atoms with Crippen molar-refractivity contribution in [3.8, 4) is 0 Å². The molecule has 3 rings (SSSR count). The van der Waals surface area contributed by atoms with Crippen molar-refractivity contribution in [2.45, 2.75) is 12.8 Å². The van der Waals surface area contributed by atoms with E-state index in [0.717, 1.165) is 55.1 Å². The first-order valence-electron chi connectivity index (χ1n) is 6.95. The second-order valence-electron chi connectivity index (χ2n) is 5.40. The lowest BCUT2D eigenvalue weighted by molar-refractivity contribution is 0.0635. The Kier molecular flexibility index (Phi) is 4.14. The number of hydrogen-bond acceptors (Lipinski definition) is 6. The van der Waals surface area contributed by atoms with Gasteiger partial charge in [0.1, 0.15) is 17.0 Å². The van der Waals surface area contributed by atoms with E-state index in [9.17, 15) is 0 Å². The van der Waals surface area contributed by atoms with Gasteiger partial charge in [0.05, 0.1) is 12.0 Å². The van der Waals surface area contributed by atoms with Crippen LogP contribution in [0.4, 0.5) is 5.82 Å². The Morgan fingerprint density at radius 3 is 3.05 bits per heavy atom. The van der Waals surface area contributed by atoms with Gasteiger partial charge in [-0.3, -0.25) is 0 Å². The van der Waals surface area contributed by atoms with E-state index in [0.29, 0.717) is 0 Å². The van der Waals surface area contributed by atoms with E-state index in [1.807, 2.05) is 0 Å². The van der Waals surface area contributed by atoms with E-state index in [4.69, 9.17) is 4.74 Å². The lowest BCUT2D eigenvalue weighted by atomic mass is 9.79. The molecule has 0 aliphatic carbocycles. The topological polar surface area (TPSA) is 59.1 Å². The van der Waals surface area contributed by atoms with Crippen LogP contribution in [0.1, 0.15) is 12.8 Å². The number of thiophene rings is 1. The van der Waals surface area contributed by atoms with E-state index in [-0.39, 0.29) is 5.41 Å². The van der Waals surface area contributed by atoms with Crippen LogP contribution in [0.5, 0.6) is 0 Å². The fourth-order valence-electron chi connectivity index (χ4n) is 2.84. The summed E-state index contributed by atoms with van der Waals surface area (Å²) < 4.78 is 5.45. The van der Waals surface area contributed by atoms with E-state index in [1.54, 1.807) is 24.8 Å². The molecular weight excluding hydrogens is 272 g/mol. The maximum Gasteiger partial charge on any atom is 0.138 e. The predicted octanol–water partition coefficient (Wildman–Crippen LogP) is 2.12. The molecule has 0 aromatic carbocycles. The van der Waals surface area contributed by atoms with Gasteiger partial charge in [0.2, 0.25) is 0 Å². The number of ether oxygens (including phenoxy) is 1. The molecule has 20 heavy (non-hydrogen) atoms. The molecule has 108 valence electrons. The van der Waals surface area contributed by atoms with Crippen molar-refractivity contribution in [1.29, 1.82) is 0 Å². The van der Waals surface area contributed by atoms with Crippen molar-refractivity contribution >= 4 is 27.4 Å². The molecule has 0 saturated carbocycles. The molecular formula is C14H20N4OS. The van der Waals surface area contributed by atoms with Gasteiger partial charge in [0, 0.05) is 19.1 Å². The molecule has 2 aromatic heterocycles. The molecule has 1 fully saturated rings. The molecule has 0 spiro atoms. The van der Waals surface area contributed by atoms with Crippen molar-refractivity contribution in [2.75, 3.05) is 38.7 Å². The minimum Gasteiger partial charge on any atom is -0.384 e. The Hall–Kier alpha value is -1.24. The Balaban J connectivity index is 1.75. The van der Waals surface area contributed by atoms with Crippen LogP contribution in [0.25, 0.3) is 10.2 Å². The van der Waals surface area contributed by atoms with Crippen molar-refractivity contribution in [2.24, 2.45) is 5.41 Å². The van der Waals surface area contributed by atoms with Crippen LogP contribution < -0.4 is 10.6 Å². The normalized spacial score (nSPS) is 18.2. The summed E-state index contributed by atoms with van der Waals surface area (Å²) in [6.45, 7) is 3.80. The smallest absolute Gasteiger partial charge is 0.138 e. The highest BCUT2D eigenvalue weighted by Crippen LogP contribution is 2.31. The van der Waals surface area contributed by atoms with E-state index in [1.165, 1.54) is 0 Å². The third-order valence-corrected chi connectivity index (χ3v) is 4.83. The van der Waals surface area contributed by atoms with Crippen molar-refractivity contribution in [3.63, 3.8) is 0 Å². The zero-order valence-electron chi connectivity index (χ0n) is 11.7. The third kappa shape index (κ3) is 2.77.